The summed E-state index contributed by atoms with van der Waals surface area (Å²) in [5.41, 5.74) is 8.55. The van der Waals surface area contributed by atoms with Gasteiger partial charge >= 0.3 is 0 Å². The van der Waals surface area contributed by atoms with E-state index in [1.807, 2.05) is 48.5 Å². The molecule has 3 aromatic carbocycles. The third-order valence-electron chi connectivity index (χ3n) is 17.0. The topological polar surface area (TPSA) is 419 Å². The van der Waals surface area contributed by atoms with Crippen molar-refractivity contribution in [2.45, 2.75) is 139 Å². The molecule has 1 fully saturated rings. The minimum absolute atomic E-state index is 0.00495. The fraction of sp³-hybridized carbons (Fsp3) is 0.462. The van der Waals surface area contributed by atoms with E-state index in [0.717, 1.165) is 16.0 Å². The number of para-hydroxylation sites is 1. The van der Waals surface area contributed by atoms with Crippen molar-refractivity contribution in [3.05, 3.63) is 95.6 Å². The van der Waals surface area contributed by atoms with E-state index in [0.29, 0.717) is 62.2 Å². The number of rotatable bonds is 18. The Balaban J connectivity index is 1.04. The fourth-order valence-corrected chi connectivity index (χ4v) is 12.9. The van der Waals surface area contributed by atoms with Crippen LogP contribution < -0.4 is 57.9 Å². The van der Waals surface area contributed by atoms with Gasteiger partial charge in [-0.15, -0.1) is 0 Å². The van der Waals surface area contributed by atoms with Crippen molar-refractivity contribution < 1.29 is 77.0 Å². The molecule has 94 heavy (non-hydrogen) atoms. The Hall–Kier alpha value is -9.50. The number of hydrogen-bond acceptors (Lipinski definition) is 16. The number of unbranched alkanes of at least 4 members (excludes halogenated alkanes) is 3. The van der Waals surface area contributed by atoms with Gasteiger partial charge < -0.3 is 83.1 Å². The van der Waals surface area contributed by atoms with Gasteiger partial charge in [-0.2, -0.15) is 0 Å². The molecule has 4 aromatic rings. The highest BCUT2D eigenvalue weighted by Gasteiger charge is 2.45. The molecule has 11 amide bonds. The minimum Gasteiger partial charge on any atom is -0.494 e. The molecule has 29 heteroatoms. The number of H-pyrrole nitrogens is 1. The normalized spacial score (nSPS) is 23.4. The number of aromatic nitrogens is 1. The molecule has 28 nitrogen and oxygen atoms in total. The first-order valence-corrected chi connectivity index (χ1v) is 32.5. The molecule has 11 atom stereocenters. The molecular formula is C65H80N12O16S. The van der Waals surface area contributed by atoms with Crippen molar-refractivity contribution in [2.24, 2.45) is 17.6 Å². The van der Waals surface area contributed by atoms with Gasteiger partial charge in [0.15, 0.2) is 0 Å². The second-order valence-corrected chi connectivity index (χ2v) is 25.2. The van der Waals surface area contributed by atoms with E-state index in [1.54, 1.807) is 30.9 Å². The summed E-state index contributed by atoms with van der Waals surface area (Å²) in [4.78, 5) is 159. The van der Waals surface area contributed by atoms with Crippen molar-refractivity contribution in [3.63, 3.8) is 0 Å². The van der Waals surface area contributed by atoms with E-state index in [4.69, 9.17) is 10.5 Å². The average Bonchev–Trinajstić information content (AvgIpc) is 1.59. The summed E-state index contributed by atoms with van der Waals surface area (Å²) in [5.74, 6) is -6.13. The lowest BCUT2D eigenvalue weighted by Gasteiger charge is -2.33. The number of nitrogens with two attached hydrogens (primary N) is 1. The average molecular weight is 1320 g/mol. The molecular weight excluding hydrogens is 1240 g/mol. The highest BCUT2D eigenvalue weighted by molar-refractivity contribution is 7.85. The number of benzene rings is 3. The first-order valence-electron chi connectivity index (χ1n) is 31.2. The van der Waals surface area contributed by atoms with Gasteiger partial charge in [-0.1, -0.05) is 88.8 Å². The van der Waals surface area contributed by atoms with Crippen LogP contribution in [-0.4, -0.2) is 188 Å². The summed E-state index contributed by atoms with van der Waals surface area (Å²) in [6.07, 6.45) is -1.48. The molecule has 502 valence electrons. The van der Waals surface area contributed by atoms with Crippen LogP contribution in [0.3, 0.4) is 0 Å². The van der Waals surface area contributed by atoms with Crippen LogP contribution in [0.4, 0.5) is 5.69 Å². The lowest BCUT2D eigenvalue weighted by Crippen LogP contribution is -2.62. The van der Waals surface area contributed by atoms with Crippen LogP contribution >= 0.6 is 0 Å². The zero-order chi connectivity index (χ0) is 67.9. The van der Waals surface area contributed by atoms with Crippen molar-refractivity contribution in [1.29, 1.82) is 0 Å². The number of amides is 11. The van der Waals surface area contributed by atoms with Gasteiger partial charge in [0.2, 0.25) is 65.0 Å². The second-order valence-electron chi connectivity index (χ2n) is 23.7. The number of nitrogens with zero attached hydrogens (tertiary/aromatic N) is 2. The number of aliphatic hydroxyl groups excluding tert-OH is 3. The molecule has 3 unspecified atom stereocenters. The Labute approximate surface area is 544 Å². The van der Waals surface area contributed by atoms with E-state index in [9.17, 15) is 68.1 Å². The van der Waals surface area contributed by atoms with Gasteiger partial charge in [0.1, 0.15) is 47.0 Å². The molecule has 2 bridgehead atoms. The molecule has 1 saturated heterocycles. The fourth-order valence-electron chi connectivity index (χ4n) is 11.5. The van der Waals surface area contributed by atoms with Gasteiger partial charge in [0.25, 0.3) is 0 Å². The Morgan fingerprint density at radius 2 is 1.50 bits per heavy atom. The second kappa shape index (κ2) is 32.4. The maximum absolute atomic E-state index is 15.2. The van der Waals surface area contributed by atoms with Crippen LogP contribution in [-0.2, 0) is 70.1 Å². The molecule has 4 aliphatic heterocycles. The van der Waals surface area contributed by atoms with Crippen LogP contribution in [0.2, 0.25) is 0 Å². The van der Waals surface area contributed by atoms with Crippen molar-refractivity contribution in [3.8, 4) is 17.6 Å². The Morgan fingerprint density at radius 1 is 0.809 bits per heavy atom. The van der Waals surface area contributed by atoms with Gasteiger partial charge in [-0.25, -0.2) is 0 Å². The first kappa shape index (κ1) is 70.4. The van der Waals surface area contributed by atoms with Crippen molar-refractivity contribution in [1.82, 2.24) is 52.4 Å². The largest absolute Gasteiger partial charge is 0.494 e. The molecule has 0 radical (unpaired) electrons. The number of anilines is 1. The molecule has 0 aliphatic carbocycles. The molecule has 8 rings (SSSR count). The van der Waals surface area contributed by atoms with Crippen LogP contribution in [0.15, 0.2) is 78.3 Å². The van der Waals surface area contributed by atoms with Crippen LogP contribution in [0, 0.1) is 23.7 Å². The third-order valence-corrected chi connectivity index (χ3v) is 18.4. The zero-order valence-corrected chi connectivity index (χ0v) is 53.2. The number of aliphatic hydroxyl groups is 3. The Bertz CT molecular complexity index is 3680. The maximum Gasteiger partial charge on any atom is 0.247 e. The highest BCUT2D eigenvalue weighted by Crippen LogP contribution is 2.35. The highest BCUT2D eigenvalue weighted by atomic mass is 32.2. The van der Waals surface area contributed by atoms with E-state index in [1.165, 1.54) is 13.0 Å². The zero-order valence-electron chi connectivity index (χ0n) is 52.4. The SMILES string of the molecule is C=C1c2c([nH]c3cc(OCCCCCCNC(=O)CCC(=O)N4Cc5ccccc5C#Cc5ccccc54)ccc23)S(=O)C[C@H]2NC(=O)CNC(=O)C([C@H](C)CC)NC(=O)CNC(=O)[C@H]1NC(=O)[C@H]([C@@H](C)[C@@H](O)CO)NC(=O)C1C[C@@H](O)CN1C(=O)[C@H](CC(N)=O)NC2=O. The minimum atomic E-state index is -2.50. The summed E-state index contributed by atoms with van der Waals surface area (Å²) in [5, 5.41) is 52.1. The van der Waals surface area contributed by atoms with E-state index in [-0.39, 0.29) is 58.3 Å². The summed E-state index contributed by atoms with van der Waals surface area (Å²) in [7, 11) is -2.50. The van der Waals surface area contributed by atoms with Gasteiger partial charge in [-0.05, 0) is 60.2 Å². The summed E-state index contributed by atoms with van der Waals surface area (Å²) in [6.45, 7) is 6.69. The molecule has 5 heterocycles. The standard InChI is InChI=1S/C65H80N12O16S/c1-5-35(2)56-61(88)68-29-52(83)70-46-34-94(92)64-55(37(4)58(62(89)69-30-53(84)73-56)75-63(90)57(36(3)49(80)33-78)74-60(87)48-26-41(79)32-77(48)65(91)45(28-50(66)81)71-59(46)86)43-21-20-42(27-44(43)72-64)93-25-13-7-6-12-24-67-51(82)22-23-54(85)76-31-40-16-9-8-14-38(40)18-19-39-15-10-11-17-47(39)76/h8-11,14-17,20-21,27,35-36,41,45-46,48-49,56-58,72,78-80H,4-7,12-13,22-26,28-34H2,1-3H3,(H2,66,81)(H,67,82)(H,68,88)(H,69,89)(H,70,83)(H,71,86)(H,73,84)(H,74,87)(H,75,90)/t35-,36+,41-,45+,46-,48?,49+,56?,57+,58+,94?/m1/s1. The number of hydrogen-bond donors (Lipinski definition) is 13. The van der Waals surface area contributed by atoms with E-state index in [2.05, 4.69) is 65.9 Å². The number of fused-ring (bicyclic) bond motifs is 7. The van der Waals surface area contributed by atoms with Gasteiger partial charge in [0, 0.05) is 66.4 Å². The first-order chi connectivity index (χ1) is 45.0. The third kappa shape index (κ3) is 17.6. The molecule has 4 aliphatic rings. The van der Waals surface area contributed by atoms with Crippen LogP contribution in [0.1, 0.15) is 101 Å². The Morgan fingerprint density at radius 3 is 2.23 bits per heavy atom. The summed E-state index contributed by atoms with van der Waals surface area (Å²) in [6, 6.07) is 9.19. The molecule has 0 spiro atoms. The number of carbonyl (C=O) groups excluding carboxylic acids is 11. The number of ether oxygens (including phenoxy) is 1. The van der Waals surface area contributed by atoms with E-state index >= 15 is 4.21 Å². The summed E-state index contributed by atoms with van der Waals surface area (Å²) < 4.78 is 21.4. The number of primary amides is 1. The van der Waals surface area contributed by atoms with Crippen molar-refractivity contribution >= 4 is 97.9 Å². The van der Waals surface area contributed by atoms with Crippen LogP contribution in [0.5, 0.6) is 5.75 Å². The smallest absolute Gasteiger partial charge is 0.247 e. The lowest BCUT2D eigenvalue weighted by atomic mass is 9.93. The predicted molar refractivity (Wildman–Crippen MR) is 342 cm³/mol. The maximum atomic E-state index is 15.2. The quantitative estimate of drug-likeness (QED) is 0.0404. The molecule has 1 aromatic heterocycles. The van der Waals surface area contributed by atoms with Crippen LogP contribution in [0.25, 0.3) is 16.5 Å². The Kier molecular flexibility index (Phi) is 24.2. The number of aromatic amines is 1. The molecule has 14 N–H and O–H groups in total. The number of carbonyl (C=O) groups is 11. The van der Waals surface area contributed by atoms with Gasteiger partial charge in [-0.3, -0.25) is 56.9 Å². The predicted octanol–water partition coefficient (Wildman–Crippen LogP) is -1.37. The van der Waals surface area contributed by atoms with Gasteiger partial charge in [0.05, 0.1) is 79.2 Å². The van der Waals surface area contributed by atoms with Crippen molar-refractivity contribution in [2.75, 3.05) is 50.0 Å². The lowest BCUT2D eigenvalue weighted by molar-refractivity contribution is -0.144. The number of nitrogens with one attached hydrogen (secondary N) is 9. The van der Waals surface area contributed by atoms with E-state index < -0.39 is 169 Å². The monoisotopic (exact) mass is 1320 g/mol. The molecule has 0 saturated carbocycles. The summed E-state index contributed by atoms with van der Waals surface area (Å²) >= 11 is 0.